The van der Waals surface area contributed by atoms with Crippen LogP contribution in [-0.2, 0) is 18.0 Å². The Balaban J connectivity index is 1.84. The summed E-state index contributed by atoms with van der Waals surface area (Å²) in [5.74, 6) is 0. The second-order valence-electron chi connectivity index (χ2n) is 3.16. The second-order valence-corrected chi connectivity index (χ2v) is 5.17. The Labute approximate surface area is 106 Å². The van der Waals surface area contributed by atoms with Crippen molar-refractivity contribution in [1.29, 1.82) is 0 Å². The molecule has 84 valence electrons. The molecule has 0 aliphatic rings. The van der Waals surface area contributed by atoms with Crippen LogP contribution in [0.25, 0.3) is 0 Å². The molecule has 0 saturated carbocycles. The molecule has 2 aromatic rings. The average molecular weight is 300 g/mol. The molecule has 0 amide bonds. The van der Waals surface area contributed by atoms with Gasteiger partial charge in [0.05, 0.1) is 6.61 Å². The van der Waals surface area contributed by atoms with E-state index in [4.69, 9.17) is 10.5 Å². The van der Waals surface area contributed by atoms with Crippen LogP contribution in [0.1, 0.15) is 10.6 Å². The first-order chi connectivity index (χ1) is 7.74. The van der Waals surface area contributed by atoms with Crippen molar-refractivity contribution in [2.24, 2.45) is 0 Å². The Kier molecular flexibility index (Phi) is 3.87. The first kappa shape index (κ1) is 11.5. The summed E-state index contributed by atoms with van der Waals surface area (Å²) in [6.45, 7) is 1.00. The van der Waals surface area contributed by atoms with E-state index in [1.807, 2.05) is 24.3 Å². The monoisotopic (exact) mass is 299 g/mol. The lowest BCUT2D eigenvalue weighted by molar-refractivity contribution is 0.106. The van der Waals surface area contributed by atoms with E-state index in [0.29, 0.717) is 18.3 Å². The Hall–Kier alpha value is -0.980. The van der Waals surface area contributed by atoms with Gasteiger partial charge in [0.1, 0.15) is 11.6 Å². The smallest absolute Gasteiger partial charge is 0.203 e. The van der Waals surface area contributed by atoms with E-state index >= 15 is 0 Å². The summed E-state index contributed by atoms with van der Waals surface area (Å²) >= 11 is 4.76. The standard InChI is InChI=1S/C10H10BrN3OS/c11-8-3-1-2-7(4-8)5-15-6-9-13-14-10(12)16-9/h1-4H,5-6H2,(H2,12,14). The molecule has 0 spiro atoms. The normalized spacial score (nSPS) is 10.6. The number of rotatable bonds is 4. The Morgan fingerprint density at radius 3 is 2.88 bits per heavy atom. The molecule has 2 N–H and O–H groups in total. The number of halogens is 1. The minimum atomic E-state index is 0.446. The molecule has 0 fully saturated rings. The SMILES string of the molecule is Nc1nnc(COCc2cccc(Br)c2)s1. The fourth-order valence-corrected chi connectivity index (χ4v) is 2.20. The third-order valence-corrected chi connectivity index (χ3v) is 3.08. The molecule has 4 nitrogen and oxygen atoms in total. The molecule has 2 rings (SSSR count). The molecular weight excluding hydrogens is 290 g/mol. The Morgan fingerprint density at radius 2 is 2.19 bits per heavy atom. The first-order valence-electron chi connectivity index (χ1n) is 4.64. The van der Waals surface area contributed by atoms with Gasteiger partial charge in [0, 0.05) is 4.47 Å². The maximum atomic E-state index is 5.51. The molecule has 16 heavy (non-hydrogen) atoms. The van der Waals surface area contributed by atoms with Crippen LogP contribution < -0.4 is 5.73 Å². The number of hydrogen-bond donors (Lipinski definition) is 1. The van der Waals surface area contributed by atoms with E-state index in [1.54, 1.807) is 0 Å². The molecule has 0 radical (unpaired) electrons. The second kappa shape index (κ2) is 5.38. The summed E-state index contributed by atoms with van der Waals surface area (Å²) in [6.07, 6.45) is 0. The van der Waals surface area contributed by atoms with Crippen molar-refractivity contribution in [2.75, 3.05) is 5.73 Å². The van der Waals surface area contributed by atoms with Gasteiger partial charge in [0.15, 0.2) is 0 Å². The van der Waals surface area contributed by atoms with Crippen molar-refractivity contribution in [3.05, 3.63) is 39.3 Å². The van der Waals surface area contributed by atoms with Gasteiger partial charge in [-0.1, -0.05) is 39.4 Å². The molecule has 0 aliphatic heterocycles. The van der Waals surface area contributed by atoms with E-state index in [9.17, 15) is 0 Å². The summed E-state index contributed by atoms with van der Waals surface area (Å²) in [5, 5.41) is 8.86. The van der Waals surface area contributed by atoms with Crippen molar-refractivity contribution < 1.29 is 4.74 Å². The summed E-state index contributed by atoms with van der Waals surface area (Å²) in [7, 11) is 0. The van der Waals surface area contributed by atoms with Gasteiger partial charge in [-0.05, 0) is 17.7 Å². The highest BCUT2D eigenvalue weighted by atomic mass is 79.9. The minimum absolute atomic E-state index is 0.446. The summed E-state index contributed by atoms with van der Waals surface area (Å²) < 4.78 is 6.56. The number of nitrogen functional groups attached to an aromatic ring is 1. The highest BCUT2D eigenvalue weighted by molar-refractivity contribution is 9.10. The molecule has 0 atom stereocenters. The van der Waals surface area contributed by atoms with Crippen molar-refractivity contribution >= 4 is 32.4 Å². The highest BCUT2D eigenvalue weighted by Gasteiger charge is 2.01. The van der Waals surface area contributed by atoms with E-state index in [1.165, 1.54) is 11.3 Å². The maximum absolute atomic E-state index is 5.51. The zero-order chi connectivity index (χ0) is 11.4. The fourth-order valence-electron chi connectivity index (χ4n) is 1.21. The third kappa shape index (κ3) is 3.26. The van der Waals surface area contributed by atoms with Crippen LogP contribution in [0.5, 0.6) is 0 Å². The van der Waals surface area contributed by atoms with E-state index in [0.717, 1.165) is 15.0 Å². The topological polar surface area (TPSA) is 61.0 Å². The lowest BCUT2D eigenvalue weighted by Gasteiger charge is -2.02. The summed E-state index contributed by atoms with van der Waals surface area (Å²) in [4.78, 5) is 0. The van der Waals surface area contributed by atoms with E-state index < -0.39 is 0 Å². The van der Waals surface area contributed by atoms with Crippen molar-refractivity contribution in [1.82, 2.24) is 10.2 Å². The van der Waals surface area contributed by atoms with Crippen molar-refractivity contribution in [3.8, 4) is 0 Å². The van der Waals surface area contributed by atoms with Crippen LogP contribution in [-0.4, -0.2) is 10.2 Å². The average Bonchev–Trinajstić information content (AvgIpc) is 2.64. The zero-order valence-electron chi connectivity index (χ0n) is 8.39. The van der Waals surface area contributed by atoms with Crippen LogP contribution in [0.4, 0.5) is 5.13 Å². The third-order valence-electron chi connectivity index (χ3n) is 1.87. The lowest BCUT2D eigenvalue weighted by atomic mass is 10.2. The van der Waals surface area contributed by atoms with Gasteiger partial charge in [0.2, 0.25) is 5.13 Å². The van der Waals surface area contributed by atoms with E-state index in [-0.39, 0.29) is 0 Å². The van der Waals surface area contributed by atoms with Crippen LogP contribution in [0, 0.1) is 0 Å². The van der Waals surface area contributed by atoms with Gasteiger partial charge < -0.3 is 10.5 Å². The molecular formula is C10H10BrN3OS. The van der Waals surface area contributed by atoms with Crippen molar-refractivity contribution in [3.63, 3.8) is 0 Å². The van der Waals surface area contributed by atoms with Gasteiger partial charge in [-0.25, -0.2) is 0 Å². The van der Waals surface area contributed by atoms with E-state index in [2.05, 4.69) is 26.1 Å². The summed E-state index contributed by atoms with van der Waals surface area (Å²) in [5.41, 5.74) is 6.58. The lowest BCUT2D eigenvalue weighted by Crippen LogP contribution is -1.93. The molecule has 0 saturated heterocycles. The number of nitrogens with two attached hydrogens (primary N) is 1. The molecule has 1 aromatic carbocycles. The van der Waals surface area contributed by atoms with Gasteiger partial charge in [0.25, 0.3) is 0 Å². The summed E-state index contributed by atoms with van der Waals surface area (Å²) in [6, 6.07) is 7.99. The molecule has 0 bridgehead atoms. The number of hydrogen-bond acceptors (Lipinski definition) is 5. The predicted molar refractivity (Wildman–Crippen MR) is 67.0 cm³/mol. The number of anilines is 1. The first-order valence-corrected chi connectivity index (χ1v) is 6.25. The number of benzene rings is 1. The van der Waals surface area contributed by atoms with Gasteiger partial charge in [-0.3, -0.25) is 0 Å². The molecule has 1 heterocycles. The van der Waals surface area contributed by atoms with Crippen LogP contribution in [0.15, 0.2) is 28.7 Å². The predicted octanol–water partition coefficient (Wildman–Crippen LogP) is 2.60. The van der Waals surface area contributed by atoms with Gasteiger partial charge in [-0.2, -0.15) is 0 Å². The van der Waals surface area contributed by atoms with Gasteiger partial charge >= 0.3 is 0 Å². The van der Waals surface area contributed by atoms with Crippen molar-refractivity contribution in [2.45, 2.75) is 13.2 Å². The van der Waals surface area contributed by atoms with Crippen LogP contribution in [0.3, 0.4) is 0 Å². The number of aromatic nitrogens is 2. The van der Waals surface area contributed by atoms with Gasteiger partial charge in [-0.15, -0.1) is 10.2 Å². The molecule has 6 heteroatoms. The number of ether oxygens (including phenoxy) is 1. The molecule has 0 aliphatic carbocycles. The maximum Gasteiger partial charge on any atom is 0.203 e. The minimum Gasteiger partial charge on any atom is -0.374 e. The quantitative estimate of drug-likeness (QED) is 0.943. The van der Waals surface area contributed by atoms with Crippen LogP contribution in [0.2, 0.25) is 0 Å². The highest BCUT2D eigenvalue weighted by Crippen LogP contribution is 2.15. The Bertz CT molecular complexity index is 475. The largest absolute Gasteiger partial charge is 0.374 e. The molecule has 0 unspecified atom stereocenters. The zero-order valence-corrected chi connectivity index (χ0v) is 10.8. The Morgan fingerprint density at radius 1 is 1.31 bits per heavy atom. The molecule has 1 aromatic heterocycles. The fraction of sp³-hybridized carbons (Fsp3) is 0.200. The number of nitrogens with zero attached hydrogens (tertiary/aromatic N) is 2. The van der Waals surface area contributed by atoms with Crippen LogP contribution >= 0.6 is 27.3 Å².